The number of rotatable bonds is 2. The summed E-state index contributed by atoms with van der Waals surface area (Å²) >= 11 is 4.00. The fraction of sp³-hybridized carbons (Fsp3) is 0.0667. The van der Waals surface area contributed by atoms with Crippen LogP contribution >= 0.6 is 12.6 Å². The Hall–Kier alpha value is -2.07. The summed E-state index contributed by atoms with van der Waals surface area (Å²) in [6.07, 6.45) is 0. The molecule has 0 saturated heterocycles. The zero-order valence-corrected chi connectivity index (χ0v) is 10.9. The number of phenols is 2. The first kappa shape index (κ1) is 12.0. The number of benzene rings is 3. The summed E-state index contributed by atoms with van der Waals surface area (Å²) < 4.78 is 5.29. The molecule has 3 nitrogen and oxygen atoms in total. The second-order valence-corrected chi connectivity index (χ2v) is 4.48. The van der Waals surface area contributed by atoms with Crippen molar-refractivity contribution in [2.24, 2.45) is 0 Å². The quantitative estimate of drug-likeness (QED) is 0.289. The summed E-state index contributed by atoms with van der Waals surface area (Å²) in [5.74, 6) is 1.17. The first-order chi connectivity index (χ1) is 9.22. The van der Waals surface area contributed by atoms with Crippen LogP contribution in [0.15, 0.2) is 42.5 Å². The molecule has 0 bridgehead atoms. The van der Waals surface area contributed by atoms with Gasteiger partial charge in [0, 0.05) is 21.5 Å². The largest absolute Gasteiger partial charge is 0.507 e. The average Bonchev–Trinajstić information content (AvgIpc) is 2.45. The standard InChI is InChI=1S/C15H12O3S/c16-14-10-3-1-2-4-11(10)15(17)13-7-9(18-8-19)5-6-12(13)14/h1-7,16-17,19H,8H2. The Morgan fingerprint density at radius 3 is 2.05 bits per heavy atom. The van der Waals surface area contributed by atoms with Crippen molar-refractivity contribution in [2.75, 3.05) is 5.94 Å². The Morgan fingerprint density at radius 1 is 0.842 bits per heavy atom. The second-order valence-electron chi connectivity index (χ2n) is 4.22. The molecule has 3 aromatic carbocycles. The van der Waals surface area contributed by atoms with Crippen LogP contribution in [-0.4, -0.2) is 16.2 Å². The maximum Gasteiger partial charge on any atom is 0.131 e. The van der Waals surface area contributed by atoms with Gasteiger partial charge in [-0.2, -0.15) is 0 Å². The number of phenolic OH excluding ortho intramolecular Hbond substituents is 2. The molecule has 0 atom stereocenters. The molecule has 0 fully saturated rings. The van der Waals surface area contributed by atoms with E-state index in [1.54, 1.807) is 30.3 Å². The molecule has 3 rings (SSSR count). The van der Waals surface area contributed by atoms with E-state index in [1.165, 1.54) is 0 Å². The third kappa shape index (κ3) is 1.85. The van der Waals surface area contributed by atoms with Crippen LogP contribution in [0.25, 0.3) is 21.5 Å². The van der Waals surface area contributed by atoms with Gasteiger partial charge in [-0.05, 0) is 18.2 Å². The molecule has 0 aromatic heterocycles. The van der Waals surface area contributed by atoms with Gasteiger partial charge in [-0.3, -0.25) is 0 Å². The number of hydrogen-bond donors (Lipinski definition) is 3. The predicted molar refractivity (Wildman–Crippen MR) is 79.3 cm³/mol. The first-order valence-corrected chi connectivity index (χ1v) is 6.45. The molecule has 0 heterocycles. The van der Waals surface area contributed by atoms with Crippen molar-refractivity contribution in [3.8, 4) is 17.2 Å². The minimum atomic E-state index is 0.146. The maximum atomic E-state index is 10.3. The van der Waals surface area contributed by atoms with E-state index in [2.05, 4.69) is 12.6 Å². The van der Waals surface area contributed by atoms with Gasteiger partial charge in [-0.15, -0.1) is 12.6 Å². The van der Waals surface area contributed by atoms with Gasteiger partial charge < -0.3 is 14.9 Å². The lowest BCUT2D eigenvalue weighted by Gasteiger charge is -2.11. The molecule has 0 aliphatic carbocycles. The molecule has 96 valence electrons. The fourth-order valence-corrected chi connectivity index (χ4v) is 2.43. The van der Waals surface area contributed by atoms with Crippen LogP contribution in [0.4, 0.5) is 0 Å². The zero-order valence-electron chi connectivity index (χ0n) is 10.00. The van der Waals surface area contributed by atoms with E-state index in [0.29, 0.717) is 27.3 Å². The SMILES string of the molecule is Oc1c2ccccc2c(O)c2cc(OCS)ccc12. The Morgan fingerprint density at radius 2 is 1.42 bits per heavy atom. The van der Waals surface area contributed by atoms with Crippen LogP contribution in [0, 0.1) is 0 Å². The van der Waals surface area contributed by atoms with Crippen molar-refractivity contribution in [1.29, 1.82) is 0 Å². The molecule has 0 saturated carbocycles. The van der Waals surface area contributed by atoms with Crippen molar-refractivity contribution in [1.82, 2.24) is 0 Å². The minimum absolute atomic E-state index is 0.146. The average molecular weight is 272 g/mol. The van der Waals surface area contributed by atoms with Crippen LogP contribution in [0.3, 0.4) is 0 Å². The topological polar surface area (TPSA) is 49.7 Å². The van der Waals surface area contributed by atoms with E-state index in [-0.39, 0.29) is 17.4 Å². The molecule has 4 heteroatoms. The van der Waals surface area contributed by atoms with E-state index in [1.807, 2.05) is 12.1 Å². The summed E-state index contributed by atoms with van der Waals surface area (Å²) in [7, 11) is 0. The zero-order chi connectivity index (χ0) is 13.4. The van der Waals surface area contributed by atoms with Gasteiger partial charge in [0.05, 0.1) is 0 Å². The monoisotopic (exact) mass is 272 g/mol. The third-order valence-corrected chi connectivity index (χ3v) is 3.30. The van der Waals surface area contributed by atoms with Crippen molar-refractivity contribution >= 4 is 34.2 Å². The van der Waals surface area contributed by atoms with Gasteiger partial charge in [0.1, 0.15) is 23.2 Å². The summed E-state index contributed by atoms with van der Waals surface area (Å²) in [6.45, 7) is 0. The van der Waals surface area contributed by atoms with Crippen LogP contribution in [-0.2, 0) is 0 Å². The summed E-state index contributed by atoms with van der Waals surface area (Å²) in [6, 6.07) is 12.4. The summed E-state index contributed by atoms with van der Waals surface area (Å²) in [4.78, 5) is 0. The predicted octanol–water partition coefficient (Wildman–Crippen LogP) is 3.67. The number of hydrogen-bond acceptors (Lipinski definition) is 4. The Balaban J connectivity index is 2.42. The van der Waals surface area contributed by atoms with Crippen LogP contribution in [0.1, 0.15) is 0 Å². The Labute approximate surface area is 115 Å². The molecular formula is C15H12O3S. The Bertz CT molecular complexity index is 768. The highest BCUT2D eigenvalue weighted by Gasteiger charge is 2.12. The number of fused-ring (bicyclic) bond motifs is 2. The lowest BCUT2D eigenvalue weighted by atomic mass is 10.0. The highest BCUT2D eigenvalue weighted by molar-refractivity contribution is 7.80. The highest BCUT2D eigenvalue weighted by atomic mass is 32.1. The van der Waals surface area contributed by atoms with Crippen LogP contribution < -0.4 is 4.74 Å². The number of ether oxygens (including phenoxy) is 1. The molecule has 0 unspecified atom stereocenters. The van der Waals surface area contributed by atoms with E-state index >= 15 is 0 Å². The van der Waals surface area contributed by atoms with Gasteiger partial charge in [0.25, 0.3) is 0 Å². The van der Waals surface area contributed by atoms with Crippen LogP contribution in [0.5, 0.6) is 17.2 Å². The van der Waals surface area contributed by atoms with Crippen molar-refractivity contribution in [2.45, 2.75) is 0 Å². The normalized spacial score (nSPS) is 11.0. The number of aromatic hydroxyl groups is 2. The Kier molecular flexibility index (Phi) is 2.87. The van der Waals surface area contributed by atoms with E-state index in [4.69, 9.17) is 4.74 Å². The van der Waals surface area contributed by atoms with Crippen molar-refractivity contribution in [3.05, 3.63) is 42.5 Å². The van der Waals surface area contributed by atoms with Crippen molar-refractivity contribution < 1.29 is 14.9 Å². The first-order valence-electron chi connectivity index (χ1n) is 5.82. The highest BCUT2D eigenvalue weighted by Crippen LogP contribution is 2.42. The molecule has 0 aliphatic rings. The smallest absolute Gasteiger partial charge is 0.131 e. The van der Waals surface area contributed by atoms with Crippen molar-refractivity contribution in [3.63, 3.8) is 0 Å². The van der Waals surface area contributed by atoms with E-state index < -0.39 is 0 Å². The summed E-state index contributed by atoms with van der Waals surface area (Å²) in [5.41, 5.74) is 0. The van der Waals surface area contributed by atoms with Gasteiger partial charge >= 0.3 is 0 Å². The number of thiol groups is 1. The second kappa shape index (κ2) is 4.55. The molecule has 2 N–H and O–H groups in total. The lowest BCUT2D eigenvalue weighted by Crippen LogP contribution is -1.89. The third-order valence-electron chi connectivity index (χ3n) is 3.17. The van der Waals surface area contributed by atoms with Gasteiger partial charge in [-0.25, -0.2) is 0 Å². The van der Waals surface area contributed by atoms with Gasteiger partial charge in [-0.1, -0.05) is 24.3 Å². The van der Waals surface area contributed by atoms with E-state index in [0.717, 1.165) is 0 Å². The van der Waals surface area contributed by atoms with Crippen LogP contribution in [0.2, 0.25) is 0 Å². The van der Waals surface area contributed by atoms with Gasteiger partial charge in [0.15, 0.2) is 0 Å². The van der Waals surface area contributed by atoms with E-state index in [9.17, 15) is 10.2 Å². The molecular weight excluding hydrogens is 260 g/mol. The maximum absolute atomic E-state index is 10.3. The fourth-order valence-electron chi connectivity index (χ4n) is 2.28. The molecule has 0 aliphatic heterocycles. The lowest BCUT2D eigenvalue weighted by molar-refractivity contribution is 0.395. The minimum Gasteiger partial charge on any atom is -0.507 e. The summed E-state index contributed by atoms with van der Waals surface area (Å²) in [5, 5.41) is 23.1. The van der Waals surface area contributed by atoms with Gasteiger partial charge in [0.2, 0.25) is 0 Å². The molecule has 0 spiro atoms. The molecule has 0 amide bonds. The molecule has 0 radical (unpaired) electrons. The molecule has 3 aromatic rings. The molecule has 19 heavy (non-hydrogen) atoms.